The summed E-state index contributed by atoms with van der Waals surface area (Å²) in [5.41, 5.74) is 5.50. The summed E-state index contributed by atoms with van der Waals surface area (Å²) >= 11 is 0. The summed E-state index contributed by atoms with van der Waals surface area (Å²) in [5, 5.41) is 0. The minimum absolute atomic E-state index is 0.0725. The maximum Gasteiger partial charge on any atom is 0.340 e. The lowest BCUT2D eigenvalue weighted by atomic mass is 10.1. The molecule has 0 aliphatic rings. The standard InChI is InChI=1S/C11H12FNO2/c1-15-11(14)9-6-2-4-8(10(9)12)5-3-7-13/h2-6H,7,13H2,1H3. The van der Waals surface area contributed by atoms with E-state index in [0.29, 0.717) is 12.1 Å². The van der Waals surface area contributed by atoms with E-state index in [2.05, 4.69) is 4.74 Å². The summed E-state index contributed by atoms with van der Waals surface area (Å²) in [6.45, 7) is 0.321. The SMILES string of the molecule is COC(=O)c1cccc(C=CCN)c1F. The van der Waals surface area contributed by atoms with Crippen LogP contribution in [-0.2, 0) is 4.74 Å². The second-order valence-corrected chi connectivity index (χ2v) is 2.84. The second-order valence-electron chi connectivity index (χ2n) is 2.84. The first-order valence-corrected chi connectivity index (χ1v) is 4.44. The van der Waals surface area contributed by atoms with Gasteiger partial charge in [0.25, 0.3) is 0 Å². The Bertz CT molecular complexity index is 388. The van der Waals surface area contributed by atoms with E-state index in [-0.39, 0.29) is 5.56 Å². The van der Waals surface area contributed by atoms with Gasteiger partial charge in [0, 0.05) is 12.1 Å². The summed E-state index contributed by atoms with van der Waals surface area (Å²) < 4.78 is 18.1. The third kappa shape index (κ3) is 2.63. The van der Waals surface area contributed by atoms with Gasteiger partial charge in [-0.2, -0.15) is 0 Å². The van der Waals surface area contributed by atoms with Crippen molar-refractivity contribution in [1.82, 2.24) is 0 Å². The summed E-state index contributed by atoms with van der Waals surface area (Å²) in [6, 6.07) is 4.53. The van der Waals surface area contributed by atoms with Crippen molar-refractivity contribution in [2.75, 3.05) is 13.7 Å². The highest BCUT2D eigenvalue weighted by atomic mass is 19.1. The first-order valence-electron chi connectivity index (χ1n) is 4.44. The van der Waals surface area contributed by atoms with Gasteiger partial charge < -0.3 is 10.5 Å². The molecule has 0 aliphatic heterocycles. The van der Waals surface area contributed by atoms with Crippen LogP contribution in [0.5, 0.6) is 0 Å². The Morgan fingerprint density at radius 2 is 2.33 bits per heavy atom. The number of benzene rings is 1. The van der Waals surface area contributed by atoms with Gasteiger partial charge in [-0.25, -0.2) is 9.18 Å². The van der Waals surface area contributed by atoms with Crippen molar-refractivity contribution in [3.63, 3.8) is 0 Å². The second kappa shape index (κ2) is 5.26. The fourth-order valence-electron chi connectivity index (χ4n) is 1.14. The molecule has 0 radical (unpaired) electrons. The highest BCUT2D eigenvalue weighted by Crippen LogP contribution is 2.15. The lowest BCUT2D eigenvalue weighted by Gasteiger charge is -2.03. The van der Waals surface area contributed by atoms with Gasteiger partial charge >= 0.3 is 5.97 Å². The van der Waals surface area contributed by atoms with E-state index >= 15 is 0 Å². The molecule has 0 bridgehead atoms. The van der Waals surface area contributed by atoms with Crippen molar-refractivity contribution in [2.45, 2.75) is 0 Å². The van der Waals surface area contributed by atoms with Gasteiger partial charge in [0.2, 0.25) is 0 Å². The van der Waals surface area contributed by atoms with Crippen LogP contribution >= 0.6 is 0 Å². The molecule has 0 fully saturated rings. The zero-order chi connectivity index (χ0) is 11.3. The summed E-state index contributed by atoms with van der Waals surface area (Å²) in [6.07, 6.45) is 3.14. The molecule has 0 atom stereocenters. The number of carbonyl (C=O) groups is 1. The van der Waals surface area contributed by atoms with E-state index in [4.69, 9.17) is 5.73 Å². The van der Waals surface area contributed by atoms with Gasteiger partial charge in [-0.3, -0.25) is 0 Å². The third-order valence-electron chi connectivity index (χ3n) is 1.87. The number of hydrogen-bond acceptors (Lipinski definition) is 3. The van der Waals surface area contributed by atoms with Crippen LogP contribution in [0.2, 0.25) is 0 Å². The molecule has 15 heavy (non-hydrogen) atoms. The molecule has 0 heterocycles. The number of rotatable bonds is 3. The van der Waals surface area contributed by atoms with Crippen molar-refractivity contribution < 1.29 is 13.9 Å². The lowest BCUT2D eigenvalue weighted by molar-refractivity contribution is 0.0595. The maximum atomic E-state index is 13.6. The van der Waals surface area contributed by atoms with E-state index in [9.17, 15) is 9.18 Å². The normalized spacial score (nSPS) is 10.6. The predicted octanol–water partition coefficient (Wildman–Crippen LogP) is 1.58. The van der Waals surface area contributed by atoms with Crippen LogP contribution < -0.4 is 5.73 Å². The van der Waals surface area contributed by atoms with Crippen LogP contribution in [0.1, 0.15) is 15.9 Å². The van der Waals surface area contributed by atoms with E-state index in [1.165, 1.54) is 19.3 Å². The topological polar surface area (TPSA) is 52.3 Å². The molecule has 0 saturated heterocycles. The monoisotopic (exact) mass is 209 g/mol. The summed E-state index contributed by atoms with van der Waals surface area (Å²) in [7, 11) is 1.21. The van der Waals surface area contributed by atoms with Crippen molar-refractivity contribution in [3.8, 4) is 0 Å². The zero-order valence-corrected chi connectivity index (χ0v) is 8.37. The minimum atomic E-state index is -0.685. The van der Waals surface area contributed by atoms with Crippen LogP contribution in [0.15, 0.2) is 24.3 Å². The number of hydrogen-bond donors (Lipinski definition) is 1. The van der Waals surface area contributed by atoms with Gasteiger partial charge in [-0.15, -0.1) is 0 Å². The summed E-state index contributed by atoms with van der Waals surface area (Å²) in [5.74, 6) is -1.27. The molecule has 0 aromatic heterocycles. The maximum absolute atomic E-state index is 13.6. The van der Waals surface area contributed by atoms with Crippen LogP contribution in [0, 0.1) is 5.82 Å². The summed E-state index contributed by atoms with van der Waals surface area (Å²) in [4.78, 5) is 11.1. The molecule has 1 aromatic rings. The molecule has 0 saturated carbocycles. The highest BCUT2D eigenvalue weighted by Gasteiger charge is 2.13. The Morgan fingerprint density at radius 1 is 1.60 bits per heavy atom. The van der Waals surface area contributed by atoms with Gasteiger partial charge in [0.1, 0.15) is 5.82 Å². The fourth-order valence-corrected chi connectivity index (χ4v) is 1.14. The highest BCUT2D eigenvalue weighted by molar-refractivity contribution is 5.90. The fraction of sp³-hybridized carbons (Fsp3) is 0.182. The van der Waals surface area contributed by atoms with Gasteiger partial charge in [0.05, 0.1) is 12.7 Å². The average molecular weight is 209 g/mol. The molecule has 4 heteroatoms. The largest absolute Gasteiger partial charge is 0.465 e. The number of nitrogens with two attached hydrogens (primary N) is 1. The van der Waals surface area contributed by atoms with E-state index in [1.54, 1.807) is 18.2 Å². The molecule has 0 unspecified atom stereocenters. The van der Waals surface area contributed by atoms with Crippen LogP contribution in [0.25, 0.3) is 6.08 Å². The number of methoxy groups -OCH3 is 1. The van der Waals surface area contributed by atoms with Crippen molar-refractivity contribution >= 4 is 12.0 Å². The van der Waals surface area contributed by atoms with E-state index in [0.717, 1.165) is 0 Å². The quantitative estimate of drug-likeness (QED) is 0.769. The van der Waals surface area contributed by atoms with Gasteiger partial charge in [0.15, 0.2) is 0 Å². The van der Waals surface area contributed by atoms with Gasteiger partial charge in [-0.1, -0.05) is 24.3 Å². The van der Waals surface area contributed by atoms with Crippen molar-refractivity contribution in [2.24, 2.45) is 5.73 Å². The van der Waals surface area contributed by atoms with Gasteiger partial charge in [-0.05, 0) is 6.07 Å². The molecular weight excluding hydrogens is 197 g/mol. The Morgan fingerprint density at radius 3 is 2.93 bits per heavy atom. The zero-order valence-electron chi connectivity index (χ0n) is 8.37. The molecule has 1 rings (SSSR count). The third-order valence-corrected chi connectivity index (χ3v) is 1.87. The van der Waals surface area contributed by atoms with Crippen molar-refractivity contribution in [3.05, 3.63) is 41.2 Å². The first-order chi connectivity index (χ1) is 7.20. The first kappa shape index (κ1) is 11.4. The van der Waals surface area contributed by atoms with Crippen LogP contribution in [0.4, 0.5) is 4.39 Å². The number of halogens is 1. The Hall–Kier alpha value is -1.68. The number of carbonyl (C=O) groups excluding carboxylic acids is 1. The smallest absolute Gasteiger partial charge is 0.340 e. The Labute approximate surface area is 87.3 Å². The van der Waals surface area contributed by atoms with E-state index < -0.39 is 11.8 Å². The van der Waals surface area contributed by atoms with Crippen molar-refractivity contribution in [1.29, 1.82) is 0 Å². The van der Waals surface area contributed by atoms with Crippen LogP contribution in [0.3, 0.4) is 0 Å². The Balaban J connectivity index is 3.11. The number of ether oxygens (including phenoxy) is 1. The molecule has 1 aromatic carbocycles. The molecule has 2 N–H and O–H groups in total. The lowest BCUT2D eigenvalue weighted by Crippen LogP contribution is -2.05. The minimum Gasteiger partial charge on any atom is -0.465 e. The Kier molecular flexibility index (Phi) is 4.00. The molecule has 0 spiro atoms. The molecule has 0 aliphatic carbocycles. The molecule has 3 nitrogen and oxygen atoms in total. The molecular formula is C11H12FNO2. The number of esters is 1. The molecule has 80 valence electrons. The van der Waals surface area contributed by atoms with E-state index in [1.807, 2.05) is 0 Å². The molecule has 0 amide bonds. The average Bonchev–Trinajstić information content (AvgIpc) is 2.27. The van der Waals surface area contributed by atoms with Crippen LogP contribution in [-0.4, -0.2) is 19.6 Å². The predicted molar refractivity (Wildman–Crippen MR) is 55.8 cm³/mol.